The summed E-state index contributed by atoms with van der Waals surface area (Å²) in [5.41, 5.74) is 5.10. The van der Waals surface area contributed by atoms with Gasteiger partial charge in [0.15, 0.2) is 5.78 Å². The van der Waals surface area contributed by atoms with Crippen molar-refractivity contribution in [2.24, 2.45) is 0 Å². The molecular weight excluding hydrogens is 318 g/mol. The number of carbonyl (C=O) groups excluding carboxylic acids is 1. The number of carbonyl (C=O) groups is 1. The van der Waals surface area contributed by atoms with Gasteiger partial charge in [-0.3, -0.25) is 4.79 Å². The Morgan fingerprint density at radius 3 is 1.85 bits per heavy atom. The van der Waals surface area contributed by atoms with Crippen LogP contribution in [0.1, 0.15) is 27.9 Å². The maximum absolute atomic E-state index is 12.7. The topological polar surface area (TPSA) is 20.3 Å². The van der Waals surface area contributed by atoms with Gasteiger partial charge < -0.3 is 4.90 Å². The SMILES string of the molecule is CN(C)c1ccc(/C=C(\CC(=O)c2ccccc2)c2ccccc2)cc1. The molecule has 0 saturated carbocycles. The van der Waals surface area contributed by atoms with E-state index in [1.54, 1.807) is 0 Å². The summed E-state index contributed by atoms with van der Waals surface area (Å²) in [5, 5.41) is 0. The minimum Gasteiger partial charge on any atom is -0.378 e. The first-order valence-corrected chi connectivity index (χ1v) is 8.75. The van der Waals surface area contributed by atoms with Gasteiger partial charge in [0.05, 0.1) is 0 Å². The number of hydrogen-bond acceptors (Lipinski definition) is 2. The average molecular weight is 341 g/mol. The van der Waals surface area contributed by atoms with Gasteiger partial charge in [0, 0.05) is 31.8 Å². The lowest BCUT2D eigenvalue weighted by Crippen LogP contribution is -2.07. The maximum atomic E-state index is 12.7. The van der Waals surface area contributed by atoms with Crippen LogP contribution in [0, 0.1) is 0 Å². The van der Waals surface area contributed by atoms with Crippen LogP contribution in [0.4, 0.5) is 5.69 Å². The zero-order valence-electron chi connectivity index (χ0n) is 15.2. The summed E-state index contributed by atoms with van der Waals surface area (Å²) in [4.78, 5) is 14.8. The Kier molecular flexibility index (Phi) is 5.65. The van der Waals surface area contributed by atoms with E-state index in [9.17, 15) is 4.79 Å². The lowest BCUT2D eigenvalue weighted by atomic mass is 9.95. The standard InChI is InChI=1S/C24H23NO/c1-25(2)23-15-13-19(14-16-23)17-22(20-9-5-3-6-10-20)18-24(26)21-11-7-4-8-12-21/h3-17H,18H2,1-2H3/b22-17+. The van der Waals surface area contributed by atoms with E-state index in [0.717, 1.165) is 28.0 Å². The van der Waals surface area contributed by atoms with Gasteiger partial charge in [-0.25, -0.2) is 0 Å². The molecule has 0 aliphatic heterocycles. The molecule has 0 amide bonds. The molecule has 0 unspecified atom stereocenters. The van der Waals surface area contributed by atoms with Crippen molar-refractivity contribution in [1.82, 2.24) is 0 Å². The number of Topliss-reactive ketones (excluding diaryl/α,β-unsaturated/α-hetero) is 1. The Morgan fingerprint density at radius 1 is 0.769 bits per heavy atom. The second-order valence-corrected chi connectivity index (χ2v) is 6.49. The van der Waals surface area contributed by atoms with Crippen molar-refractivity contribution in [2.75, 3.05) is 19.0 Å². The van der Waals surface area contributed by atoms with Crippen LogP contribution in [0.2, 0.25) is 0 Å². The molecule has 0 spiro atoms. The quantitative estimate of drug-likeness (QED) is 0.432. The van der Waals surface area contributed by atoms with E-state index in [-0.39, 0.29) is 5.78 Å². The summed E-state index contributed by atoms with van der Waals surface area (Å²) in [6, 6.07) is 27.9. The third-order valence-corrected chi connectivity index (χ3v) is 4.34. The van der Waals surface area contributed by atoms with E-state index < -0.39 is 0 Å². The molecule has 3 aromatic carbocycles. The molecule has 0 N–H and O–H groups in total. The van der Waals surface area contributed by atoms with Crippen LogP contribution in [0.3, 0.4) is 0 Å². The first kappa shape index (κ1) is 17.7. The van der Waals surface area contributed by atoms with Gasteiger partial charge in [0.2, 0.25) is 0 Å². The molecule has 2 nitrogen and oxygen atoms in total. The van der Waals surface area contributed by atoms with Crippen molar-refractivity contribution in [3.05, 3.63) is 102 Å². The number of benzene rings is 3. The van der Waals surface area contributed by atoms with E-state index in [4.69, 9.17) is 0 Å². The molecule has 0 bridgehead atoms. The number of hydrogen-bond donors (Lipinski definition) is 0. The van der Waals surface area contributed by atoms with Crippen molar-refractivity contribution < 1.29 is 4.79 Å². The fraction of sp³-hybridized carbons (Fsp3) is 0.125. The fourth-order valence-corrected chi connectivity index (χ4v) is 2.86. The summed E-state index contributed by atoms with van der Waals surface area (Å²) < 4.78 is 0. The number of anilines is 1. The van der Waals surface area contributed by atoms with E-state index in [0.29, 0.717) is 6.42 Å². The Bertz CT molecular complexity index is 879. The zero-order chi connectivity index (χ0) is 18.4. The van der Waals surface area contributed by atoms with Gasteiger partial charge >= 0.3 is 0 Å². The second-order valence-electron chi connectivity index (χ2n) is 6.49. The van der Waals surface area contributed by atoms with Crippen LogP contribution in [-0.4, -0.2) is 19.9 Å². The minimum absolute atomic E-state index is 0.130. The number of rotatable bonds is 6. The van der Waals surface area contributed by atoms with Gasteiger partial charge in [-0.2, -0.15) is 0 Å². The van der Waals surface area contributed by atoms with E-state index in [1.165, 1.54) is 0 Å². The van der Waals surface area contributed by atoms with Crippen molar-refractivity contribution >= 4 is 23.1 Å². The van der Waals surface area contributed by atoms with Crippen molar-refractivity contribution in [3.8, 4) is 0 Å². The molecule has 130 valence electrons. The Balaban J connectivity index is 1.92. The molecule has 0 atom stereocenters. The number of nitrogens with zero attached hydrogens (tertiary/aromatic N) is 1. The predicted octanol–water partition coefficient (Wildman–Crippen LogP) is 5.57. The second kappa shape index (κ2) is 8.30. The van der Waals surface area contributed by atoms with Gasteiger partial charge in [0.25, 0.3) is 0 Å². The molecule has 3 aromatic rings. The van der Waals surface area contributed by atoms with Gasteiger partial charge in [-0.15, -0.1) is 0 Å². The van der Waals surface area contributed by atoms with Crippen molar-refractivity contribution in [1.29, 1.82) is 0 Å². The van der Waals surface area contributed by atoms with Crippen molar-refractivity contribution in [3.63, 3.8) is 0 Å². The summed E-state index contributed by atoms with van der Waals surface area (Å²) in [6.45, 7) is 0. The lowest BCUT2D eigenvalue weighted by molar-refractivity contribution is 0.0998. The van der Waals surface area contributed by atoms with Crippen LogP contribution >= 0.6 is 0 Å². The smallest absolute Gasteiger partial charge is 0.167 e. The van der Waals surface area contributed by atoms with Crippen LogP contribution in [0.5, 0.6) is 0 Å². The molecule has 2 heteroatoms. The molecule has 0 radical (unpaired) electrons. The highest BCUT2D eigenvalue weighted by molar-refractivity contribution is 6.04. The van der Waals surface area contributed by atoms with Crippen LogP contribution < -0.4 is 4.90 Å². The third kappa shape index (κ3) is 4.48. The summed E-state index contributed by atoms with van der Waals surface area (Å²) in [5.74, 6) is 0.130. The van der Waals surface area contributed by atoms with Crippen molar-refractivity contribution in [2.45, 2.75) is 6.42 Å². The molecule has 0 aliphatic rings. The highest BCUT2D eigenvalue weighted by Gasteiger charge is 2.10. The minimum atomic E-state index is 0.130. The average Bonchev–Trinajstić information content (AvgIpc) is 2.69. The molecule has 0 fully saturated rings. The molecule has 0 aliphatic carbocycles. The largest absolute Gasteiger partial charge is 0.378 e. The summed E-state index contributed by atoms with van der Waals surface area (Å²) in [7, 11) is 4.05. The van der Waals surface area contributed by atoms with Crippen LogP contribution in [0.25, 0.3) is 11.6 Å². The molecule has 26 heavy (non-hydrogen) atoms. The summed E-state index contributed by atoms with van der Waals surface area (Å²) in [6.07, 6.45) is 2.49. The first-order chi connectivity index (χ1) is 12.6. The molecular formula is C24H23NO. The van der Waals surface area contributed by atoms with Gasteiger partial charge in [-0.1, -0.05) is 78.9 Å². The predicted molar refractivity (Wildman–Crippen MR) is 110 cm³/mol. The Morgan fingerprint density at radius 2 is 1.31 bits per heavy atom. The monoisotopic (exact) mass is 341 g/mol. The number of allylic oxidation sites excluding steroid dienone is 1. The fourth-order valence-electron chi connectivity index (χ4n) is 2.86. The van der Waals surface area contributed by atoms with Crippen LogP contribution in [0.15, 0.2) is 84.9 Å². The molecule has 0 aromatic heterocycles. The van der Waals surface area contributed by atoms with Crippen LogP contribution in [-0.2, 0) is 0 Å². The highest BCUT2D eigenvalue weighted by atomic mass is 16.1. The number of ketones is 1. The lowest BCUT2D eigenvalue weighted by Gasteiger charge is -2.12. The molecule has 3 rings (SSSR count). The normalized spacial score (nSPS) is 11.2. The van der Waals surface area contributed by atoms with Gasteiger partial charge in [0.1, 0.15) is 0 Å². The maximum Gasteiger partial charge on any atom is 0.167 e. The van der Waals surface area contributed by atoms with E-state index in [1.807, 2.05) is 62.6 Å². The van der Waals surface area contributed by atoms with E-state index in [2.05, 4.69) is 47.4 Å². The highest BCUT2D eigenvalue weighted by Crippen LogP contribution is 2.24. The van der Waals surface area contributed by atoms with Gasteiger partial charge in [-0.05, 0) is 28.8 Å². The Labute approximate surface area is 155 Å². The third-order valence-electron chi connectivity index (χ3n) is 4.34. The Hall–Kier alpha value is -3.13. The zero-order valence-corrected chi connectivity index (χ0v) is 15.2. The molecule has 0 heterocycles. The first-order valence-electron chi connectivity index (χ1n) is 8.75. The van der Waals surface area contributed by atoms with E-state index >= 15 is 0 Å². The summed E-state index contributed by atoms with van der Waals surface area (Å²) >= 11 is 0. The molecule has 0 saturated heterocycles.